The molecule has 0 amide bonds. The summed E-state index contributed by atoms with van der Waals surface area (Å²) < 4.78 is 1.99. The van der Waals surface area contributed by atoms with E-state index >= 15 is 0 Å². The highest BCUT2D eigenvalue weighted by molar-refractivity contribution is 5.79. The number of rotatable bonds is 4. The third-order valence-corrected chi connectivity index (χ3v) is 3.11. The van der Waals surface area contributed by atoms with Crippen LogP contribution in [0.3, 0.4) is 0 Å². The van der Waals surface area contributed by atoms with Crippen molar-refractivity contribution in [3.05, 3.63) is 66.9 Å². The van der Waals surface area contributed by atoms with E-state index in [4.69, 9.17) is 0 Å². The minimum absolute atomic E-state index is 0.936. The molecule has 21 heavy (non-hydrogen) atoms. The van der Waals surface area contributed by atoms with Crippen molar-refractivity contribution in [2.45, 2.75) is 0 Å². The van der Waals surface area contributed by atoms with Gasteiger partial charge in [0.15, 0.2) is 0 Å². The molecule has 3 aromatic rings. The average Bonchev–Trinajstić information content (AvgIpc) is 2.95. The highest BCUT2D eigenvalue weighted by atomic mass is 15.3. The van der Waals surface area contributed by atoms with Crippen LogP contribution in [0.5, 0.6) is 0 Å². The standard InChI is InChI=1S/C16H15N5/c1-21-12-18-11-16(21)14-2-4-15(5-3-14)20-19-10-13-6-8-17-9-7-13/h2-12,20H,1H3. The SMILES string of the molecule is Cn1cncc1-c1ccc(NN=Cc2ccncc2)cc1. The first kappa shape index (κ1) is 13.1. The Morgan fingerprint density at radius 2 is 1.81 bits per heavy atom. The first-order valence-electron chi connectivity index (χ1n) is 6.59. The van der Waals surface area contributed by atoms with Gasteiger partial charge in [-0.2, -0.15) is 5.10 Å². The Morgan fingerprint density at radius 1 is 1.05 bits per heavy atom. The Labute approximate surface area is 123 Å². The van der Waals surface area contributed by atoms with E-state index in [0.717, 1.165) is 22.5 Å². The maximum atomic E-state index is 4.20. The van der Waals surface area contributed by atoms with Gasteiger partial charge < -0.3 is 4.57 Å². The monoisotopic (exact) mass is 277 g/mol. The Balaban J connectivity index is 1.68. The fourth-order valence-corrected chi connectivity index (χ4v) is 1.98. The van der Waals surface area contributed by atoms with Gasteiger partial charge in [0, 0.05) is 19.4 Å². The topological polar surface area (TPSA) is 55.1 Å². The molecule has 5 nitrogen and oxygen atoms in total. The molecule has 1 N–H and O–H groups in total. The van der Waals surface area contributed by atoms with Gasteiger partial charge in [-0.25, -0.2) is 4.98 Å². The minimum Gasteiger partial charge on any atom is -0.334 e. The molecule has 1 aromatic carbocycles. The van der Waals surface area contributed by atoms with Crippen LogP contribution in [0.15, 0.2) is 66.4 Å². The second-order valence-corrected chi connectivity index (χ2v) is 4.62. The number of imidazole rings is 1. The average molecular weight is 277 g/mol. The van der Waals surface area contributed by atoms with E-state index < -0.39 is 0 Å². The number of nitrogens with one attached hydrogen (secondary N) is 1. The maximum absolute atomic E-state index is 4.20. The lowest BCUT2D eigenvalue weighted by Crippen LogP contribution is -1.92. The van der Waals surface area contributed by atoms with Crippen molar-refractivity contribution in [1.29, 1.82) is 0 Å². The third-order valence-electron chi connectivity index (χ3n) is 3.11. The highest BCUT2D eigenvalue weighted by Gasteiger charge is 2.01. The van der Waals surface area contributed by atoms with Gasteiger partial charge in [-0.3, -0.25) is 10.4 Å². The fourth-order valence-electron chi connectivity index (χ4n) is 1.98. The van der Waals surface area contributed by atoms with Gasteiger partial charge in [-0.05, 0) is 35.4 Å². The molecule has 2 aromatic heterocycles. The number of benzene rings is 1. The van der Waals surface area contributed by atoms with Gasteiger partial charge in [0.2, 0.25) is 0 Å². The number of hydrogen-bond acceptors (Lipinski definition) is 4. The summed E-state index contributed by atoms with van der Waals surface area (Å²) in [4.78, 5) is 8.09. The summed E-state index contributed by atoms with van der Waals surface area (Å²) in [6.45, 7) is 0. The van der Waals surface area contributed by atoms with E-state index in [2.05, 4.69) is 20.5 Å². The second kappa shape index (κ2) is 6.00. The Hall–Kier alpha value is -2.95. The molecular weight excluding hydrogens is 262 g/mol. The number of aromatic nitrogens is 3. The molecule has 0 saturated carbocycles. The van der Waals surface area contributed by atoms with Crippen LogP contribution in [-0.2, 0) is 7.05 Å². The lowest BCUT2D eigenvalue weighted by molar-refractivity contribution is 0.921. The Kier molecular flexibility index (Phi) is 3.73. The summed E-state index contributed by atoms with van der Waals surface area (Å²) in [6.07, 6.45) is 8.88. The van der Waals surface area contributed by atoms with Crippen LogP contribution in [0, 0.1) is 0 Å². The zero-order valence-corrected chi connectivity index (χ0v) is 11.6. The first-order chi connectivity index (χ1) is 10.3. The van der Waals surface area contributed by atoms with Crippen LogP contribution in [0.1, 0.15) is 5.56 Å². The zero-order valence-electron chi connectivity index (χ0n) is 11.6. The minimum atomic E-state index is 0.936. The summed E-state index contributed by atoms with van der Waals surface area (Å²) in [7, 11) is 1.98. The molecule has 2 heterocycles. The fraction of sp³-hybridized carbons (Fsp3) is 0.0625. The van der Waals surface area contributed by atoms with Crippen molar-refractivity contribution < 1.29 is 0 Å². The molecular formula is C16H15N5. The summed E-state index contributed by atoms with van der Waals surface area (Å²) in [5.74, 6) is 0. The van der Waals surface area contributed by atoms with Gasteiger partial charge in [0.05, 0.1) is 30.1 Å². The van der Waals surface area contributed by atoms with Crippen molar-refractivity contribution in [2.24, 2.45) is 12.1 Å². The number of nitrogens with zero attached hydrogens (tertiary/aromatic N) is 4. The molecule has 0 bridgehead atoms. The van der Waals surface area contributed by atoms with Crippen molar-refractivity contribution in [3.63, 3.8) is 0 Å². The molecule has 104 valence electrons. The number of hydrazone groups is 1. The predicted octanol–water partition coefficient (Wildman–Crippen LogP) is 2.93. The number of aryl methyl sites for hydroxylation is 1. The molecule has 0 saturated heterocycles. The molecule has 0 aliphatic carbocycles. The van der Waals surface area contributed by atoms with Crippen LogP contribution in [0.2, 0.25) is 0 Å². The molecule has 0 aliphatic rings. The second-order valence-electron chi connectivity index (χ2n) is 4.62. The Morgan fingerprint density at radius 3 is 2.48 bits per heavy atom. The van der Waals surface area contributed by atoms with E-state index in [1.54, 1.807) is 24.9 Å². The van der Waals surface area contributed by atoms with Crippen LogP contribution in [0.25, 0.3) is 11.3 Å². The van der Waals surface area contributed by atoms with Crippen LogP contribution in [-0.4, -0.2) is 20.7 Å². The maximum Gasteiger partial charge on any atom is 0.0948 e. The van der Waals surface area contributed by atoms with Gasteiger partial charge >= 0.3 is 0 Å². The molecule has 5 heteroatoms. The molecule has 0 spiro atoms. The van der Waals surface area contributed by atoms with E-state index in [-0.39, 0.29) is 0 Å². The normalized spacial score (nSPS) is 10.9. The van der Waals surface area contributed by atoms with Crippen molar-refractivity contribution in [1.82, 2.24) is 14.5 Å². The van der Waals surface area contributed by atoms with E-state index in [9.17, 15) is 0 Å². The molecule has 3 rings (SSSR count). The lowest BCUT2D eigenvalue weighted by Gasteiger charge is -2.04. The first-order valence-corrected chi connectivity index (χ1v) is 6.59. The lowest BCUT2D eigenvalue weighted by atomic mass is 10.1. The number of anilines is 1. The summed E-state index contributed by atoms with van der Waals surface area (Å²) >= 11 is 0. The van der Waals surface area contributed by atoms with Gasteiger partial charge in [0.25, 0.3) is 0 Å². The van der Waals surface area contributed by atoms with Crippen LogP contribution >= 0.6 is 0 Å². The molecule has 0 atom stereocenters. The molecule has 0 aliphatic heterocycles. The van der Waals surface area contributed by atoms with Crippen molar-refractivity contribution in [2.75, 3.05) is 5.43 Å². The summed E-state index contributed by atoms with van der Waals surface area (Å²) in [6, 6.07) is 11.9. The van der Waals surface area contributed by atoms with Gasteiger partial charge in [-0.15, -0.1) is 0 Å². The molecule has 0 radical (unpaired) electrons. The van der Waals surface area contributed by atoms with Gasteiger partial charge in [0.1, 0.15) is 0 Å². The quantitative estimate of drug-likeness (QED) is 0.589. The smallest absolute Gasteiger partial charge is 0.0948 e. The van der Waals surface area contributed by atoms with Crippen LogP contribution in [0.4, 0.5) is 5.69 Å². The van der Waals surface area contributed by atoms with Crippen molar-refractivity contribution >= 4 is 11.9 Å². The Bertz CT molecular complexity index is 729. The largest absolute Gasteiger partial charge is 0.334 e. The number of hydrogen-bond donors (Lipinski definition) is 1. The van der Waals surface area contributed by atoms with Gasteiger partial charge in [-0.1, -0.05) is 12.1 Å². The van der Waals surface area contributed by atoms with E-state index in [1.165, 1.54) is 0 Å². The molecule has 0 fully saturated rings. The van der Waals surface area contributed by atoms with Crippen molar-refractivity contribution in [3.8, 4) is 11.3 Å². The van der Waals surface area contributed by atoms with E-state index in [1.807, 2.05) is 54.2 Å². The summed E-state index contributed by atoms with van der Waals surface area (Å²) in [5, 5.41) is 4.20. The van der Waals surface area contributed by atoms with Crippen LogP contribution < -0.4 is 5.43 Å². The number of pyridine rings is 1. The van der Waals surface area contributed by atoms with E-state index in [0.29, 0.717) is 0 Å². The molecule has 0 unspecified atom stereocenters. The predicted molar refractivity (Wildman–Crippen MR) is 84.1 cm³/mol. The highest BCUT2D eigenvalue weighted by Crippen LogP contribution is 2.20. The third kappa shape index (κ3) is 3.14. The zero-order chi connectivity index (χ0) is 14.5. The summed E-state index contributed by atoms with van der Waals surface area (Å²) in [5.41, 5.74) is 7.16.